The first kappa shape index (κ1) is 11.3. The molecule has 0 saturated heterocycles. The summed E-state index contributed by atoms with van der Waals surface area (Å²) >= 11 is 10.7. The number of aromatic nitrogens is 1. The zero-order valence-electron chi connectivity index (χ0n) is 6.40. The molecule has 1 aromatic heterocycles. The van der Waals surface area contributed by atoms with Crippen LogP contribution in [-0.4, -0.2) is 16.9 Å². The van der Waals surface area contributed by atoms with Gasteiger partial charge in [-0.05, 0) is 12.1 Å². The lowest BCUT2D eigenvalue weighted by Crippen LogP contribution is -2.23. The van der Waals surface area contributed by atoms with Crippen LogP contribution in [0.4, 0.5) is 13.2 Å². The van der Waals surface area contributed by atoms with Crippen LogP contribution >= 0.6 is 23.2 Å². The van der Waals surface area contributed by atoms with Gasteiger partial charge in [-0.1, -0.05) is 23.2 Å². The van der Waals surface area contributed by atoms with E-state index in [0.717, 1.165) is 12.1 Å². The number of halogens is 5. The van der Waals surface area contributed by atoms with E-state index in [1.165, 1.54) is 0 Å². The Morgan fingerprint density at radius 2 is 1.86 bits per heavy atom. The standard InChI is InChI=1S/C7H2Cl2F3NO/c8-3-1-4(13-5(9)2-3)6(14)7(10,11)12/h1-2H. The summed E-state index contributed by atoms with van der Waals surface area (Å²) < 4.78 is 35.8. The molecule has 0 aliphatic rings. The molecule has 0 N–H and O–H groups in total. The van der Waals surface area contributed by atoms with E-state index >= 15 is 0 Å². The molecule has 0 fully saturated rings. The van der Waals surface area contributed by atoms with Crippen molar-refractivity contribution in [3.63, 3.8) is 0 Å². The van der Waals surface area contributed by atoms with E-state index in [2.05, 4.69) is 4.98 Å². The largest absolute Gasteiger partial charge is 0.456 e. The third kappa shape index (κ3) is 2.59. The molecule has 1 aromatic rings. The molecule has 0 atom stereocenters. The van der Waals surface area contributed by atoms with Gasteiger partial charge in [-0.25, -0.2) is 4.98 Å². The zero-order valence-corrected chi connectivity index (χ0v) is 7.91. The van der Waals surface area contributed by atoms with E-state index in [1.807, 2.05) is 0 Å². The molecule has 0 aliphatic carbocycles. The van der Waals surface area contributed by atoms with Crippen LogP contribution in [0.5, 0.6) is 0 Å². The van der Waals surface area contributed by atoms with Crippen molar-refractivity contribution >= 4 is 29.0 Å². The van der Waals surface area contributed by atoms with Gasteiger partial charge >= 0.3 is 6.18 Å². The van der Waals surface area contributed by atoms with Gasteiger partial charge in [0.2, 0.25) is 0 Å². The quantitative estimate of drug-likeness (QED) is 0.561. The summed E-state index contributed by atoms with van der Waals surface area (Å²) in [4.78, 5) is 13.9. The molecule has 1 rings (SSSR count). The first-order valence-corrected chi connectivity index (χ1v) is 4.01. The SMILES string of the molecule is O=C(c1cc(Cl)cc(Cl)n1)C(F)(F)F. The summed E-state index contributed by atoms with van der Waals surface area (Å²) in [5.41, 5.74) is -0.810. The highest BCUT2D eigenvalue weighted by Crippen LogP contribution is 2.23. The highest BCUT2D eigenvalue weighted by atomic mass is 35.5. The Bertz CT molecular complexity index is 357. The molecule has 0 aromatic carbocycles. The van der Waals surface area contributed by atoms with Gasteiger partial charge < -0.3 is 0 Å². The van der Waals surface area contributed by atoms with Crippen molar-refractivity contribution in [2.45, 2.75) is 6.18 Å². The number of carbonyl (C=O) groups excluding carboxylic acids is 1. The minimum atomic E-state index is -4.97. The molecule has 0 aliphatic heterocycles. The number of hydrogen-bond acceptors (Lipinski definition) is 2. The van der Waals surface area contributed by atoms with Crippen molar-refractivity contribution in [3.8, 4) is 0 Å². The second kappa shape index (κ2) is 3.74. The average Bonchev–Trinajstić information content (AvgIpc) is 1.99. The number of hydrogen-bond donors (Lipinski definition) is 0. The van der Waals surface area contributed by atoms with Gasteiger partial charge in [0.05, 0.1) is 0 Å². The number of nitrogens with zero attached hydrogens (tertiary/aromatic N) is 1. The first-order chi connectivity index (χ1) is 6.30. The molecule has 76 valence electrons. The number of carbonyl (C=O) groups is 1. The topological polar surface area (TPSA) is 30.0 Å². The number of alkyl halides is 3. The highest BCUT2D eigenvalue weighted by molar-refractivity contribution is 6.34. The van der Waals surface area contributed by atoms with Crippen LogP contribution in [0.15, 0.2) is 12.1 Å². The third-order valence-electron chi connectivity index (χ3n) is 1.25. The molecular weight excluding hydrogens is 242 g/mol. The fourth-order valence-electron chi connectivity index (χ4n) is 0.727. The Balaban J connectivity index is 3.14. The van der Waals surface area contributed by atoms with Crippen molar-refractivity contribution in [2.75, 3.05) is 0 Å². The monoisotopic (exact) mass is 243 g/mol. The minimum Gasteiger partial charge on any atom is -0.282 e. The number of rotatable bonds is 1. The number of ketones is 1. The summed E-state index contributed by atoms with van der Waals surface area (Å²) in [6.45, 7) is 0. The van der Waals surface area contributed by atoms with Crippen molar-refractivity contribution in [2.24, 2.45) is 0 Å². The van der Waals surface area contributed by atoms with Crippen LogP contribution in [-0.2, 0) is 0 Å². The maximum atomic E-state index is 11.9. The lowest BCUT2D eigenvalue weighted by molar-refractivity contribution is -0.0888. The molecule has 0 spiro atoms. The van der Waals surface area contributed by atoms with E-state index in [0.29, 0.717) is 0 Å². The Labute approximate surface area is 86.6 Å². The predicted molar refractivity (Wildman–Crippen MR) is 44.6 cm³/mol. The Kier molecular flexibility index (Phi) is 3.01. The van der Waals surface area contributed by atoms with Gasteiger partial charge in [0.1, 0.15) is 10.8 Å². The highest BCUT2D eigenvalue weighted by Gasteiger charge is 2.40. The molecule has 14 heavy (non-hydrogen) atoms. The Morgan fingerprint density at radius 3 is 2.29 bits per heavy atom. The van der Waals surface area contributed by atoms with Crippen LogP contribution in [0.1, 0.15) is 10.5 Å². The second-order valence-electron chi connectivity index (χ2n) is 2.32. The fourth-order valence-corrected chi connectivity index (χ4v) is 1.20. The normalized spacial score (nSPS) is 11.5. The van der Waals surface area contributed by atoms with E-state index in [9.17, 15) is 18.0 Å². The molecule has 0 saturated carbocycles. The Hall–Kier alpha value is -0.810. The van der Waals surface area contributed by atoms with Crippen LogP contribution in [0, 0.1) is 0 Å². The first-order valence-electron chi connectivity index (χ1n) is 3.25. The van der Waals surface area contributed by atoms with E-state index in [4.69, 9.17) is 23.2 Å². The van der Waals surface area contributed by atoms with Crippen molar-refractivity contribution in [1.29, 1.82) is 0 Å². The van der Waals surface area contributed by atoms with Gasteiger partial charge in [-0.2, -0.15) is 13.2 Å². The third-order valence-corrected chi connectivity index (χ3v) is 1.66. The van der Waals surface area contributed by atoms with Gasteiger partial charge in [0.15, 0.2) is 0 Å². The summed E-state index contributed by atoms with van der Waals surface area (Å²) in [7, 11) is 0. The van der Waals surface area contributed by atoms with Crippen molar-refractivity contribution in [3.05, 3.63) is 28.0 Å². The van der Waals surface area contributed by atoms with E-state index in [-0.39, 0.29) is 10.2 Å². The lowest BCUT2D eigenvalue weighted by atomic mass is 10.2. The zero-order chi connectivity index (χ0) is 10.9. The summed E-state index contributed by atoms with van der Waals surface area (Å²) in [6.07, 6.45) is -4.97. The van der Waals surface area contributed by atoms with Crippen LogP contribution in [0.25, 0.3) is 0 Å². The number of pyridine rings is 1. The summed E-state index contributed by atoms with van der Waals surface area (Å²) in [5, 5.41) is -0.331. The smallest absolute Gasteiger partial charge is 0.282 e. The van der Waals surface area contributed by atoms with E-state index in [1.54, 1.807) is 0 Å². The Morgan fingerprint density at radius 1 is 1.29 bits per heavy atom. The number of Topliss-reactive ketones (excluding diaryl/α,β-unsaturated/α-hetero) is 1. The molecular formula is C7H2Cl2F3NO. The molecule has 1 heterocycles. The molecule has 0 amide bonds. The maximum Gasteiger partial charge on any atom is 0.456 e. The van der Waals surface area contributed by atoms with Gasteiger partial charge in [0.25, 0.3) is 5.78 Å². The lowest BCUT2D eigenvalue weighted by Gasteiger charge is -2.04. The predicted octanol–water partition coefficient (Wildman–Crippen LogP) is 3.13. The van der Waals surface area contributed by atoms with Crippen LogP contribution < -0.4 is 0 Å². The molecule has 0 unspecified atom stereocenters. The van der Waals surface area contributed by atoms with Crippen LogP contribution in [0.3, 0.4) is 0 Å². The molecule has 0 bridgehead atoms. The molecule has 2 nitrogen and oxygen atoms in total. The van der Waals surface area contributed by atoms with Crippen LogP contribution in [0.2, 0.25) is 10.2 Å². The minimum absolute atomic E-state index is 0.0717. The van der Waals surface area contributed by atoms with E-state index < -0.39 is 17.7 Å². The van der Waals surface area contributed by atoms with Gasteiger partial charge in [-0.15, -0.1) is 0 Å². The van der Waals surface area contributed by atoms with Gasteiger partial charge in [0, 0.05) is 5.02 Å². The summed E-state index contributed by atoms with van der Waals surface area (Å²) in [5.74, 6) is -2.07. The molecule has 0 radical (unpaired) electrons. The van der Waals surface area contributed by atoms with Crippen molar-refractivity contribution < 1.29 is 18.0 Å². The van der Waals surface area contributed by atoms with Gasteiger partial charge in [-0.3, -0.25) is 4.79 Å². The van der Waals surface area contributed by atoms with Crippen molar-refractivity contribution in [1.82, 2.24) is 4.98 Å². The maximum absolute atomic E-state index is 11.9. The average molecular weight is 244 g/mol. The molecule has 7 heteroatoms. The fraction of sp³-hybridized carbons (Fsp3) is 0.143. The second-order valence-corrected chi connectivity index (χ2v) is 3.14. The summed E-state index contributed by atoms with van der Waals surface area (Å²) in [6, 6.07) is 1.94.